The van der Waals surface area contributed by atoms with Crippen LogP contribution in [0.25, 0.3) is 60.9 Å². The molecule has 0 N–H and O–H groups in total. The van der Waals surface area contributed by atoms with Crippen LogP contribution < -0.4 is 4.90 Å². The van der Waals surface area contributed by atoms with Crippen molar-refractivity contribution in [3.63, 3.8) is 0 Å². The van der Waals surface area contributed by atoms with Crippen LogP contribution in [0.4, 0.5) is 17.1 Å². The van der Waals surface area contributed by atoms with E-state index >= 15 is 0 Å². The Bertz CT molecular complexity index is 2770. The molecule has 0 saturated carbocycles. The van der Waals surface area contributed by atoms with E-state index in [2.05, 4.69) is 217 Å². The van der Waals surface area contributed by atoms with Crippen LogP contribution in [-0.2, 0) is 5.41 Å². The van der Waals surface area contributed by atoms with Gasteiger partial charge in [-0.2, -0.15) is 0 Å². The van der Waals surface area contributed by atoms with E-state index in [-0.39, 0.29) is 5.41 Å². The molecule has 0 fully saturated rings. The van der Waals surface area contributed by atoms with Crippen LogP contribution in [-0.4, -0.2) is 4.57 Å². The zero-order valence-electron chi connectivity index (χ0n) is 29.9. The molecule has 10 rings (SSSR count). The van der Waals surface area contributed by atoms with Gasteiger partial charge >= 0.3 is 0 Å². The van der Waals surface area contributed by atoms with Gasteiger partial charge in [-0.05, 0) is 111 Å². The molecule has 252 valence electrons. The number of para-hydroxylation sites is 3. The van der Waals surface area contributed by atoms with Crippen molar-refractivity contribution < 1.29 is 0 Å². The molecule has 0 unspecified atom stereocenters. The summed E-state index contributed by atoms with van der Waals surface area (Å²) in [4.78, 5) is 2.37. The largest absolute Gasteiger partial charge is 0.310 e. The van der Waals surface area contributed by atoms with Gasteiger partial charge in [0.15, 0.2) is 0 Å². The Kier molecular flexibility index (Phi) is 7.19. The van der Waals surface area contributed by atoms with Gasteiger partial charge in [-0.15, -0.1) is 0 Å². The topological polar surface area (TPSA) is 8.17 Å². The summed E-state index contributed by atoms with van der Waals surface area (Å²) in [6.45, 7) is 4.69. The number of hydrogen-bond acceptors (Lipinski definition) is 1. The number of anilines is 3. The smallest absolute Gasteiger partial charge is 0.0541 e. The second-order valence-electron chi connectivity index (χ2n) is 14.6. The van der Waals surface area contributed by atoms with Crippen molar-refractivity contribution in [1.29, 1.82) is 0 Å². The molecule has 1 aliphatic carbocycles. The van der Waals surface area contributed by atoms with Crippen LogP contribution >= 0.6 is 0 Å². The van der Waals surface area contributed by atoms with E-state index in [0.717, 1.165) is 17.1 Å². The molecule has 53 heavy (non-hydrogen) atoms. The number of aromatic nitrogens is 1. The van der Waals surface area contributed by atoms with Crippen molar-refractivity contribution in [2.24, 2.45) is 0 Å². The van der Waals surface area contributed by atoms with Crippen molar-refractivity contribution in [2.75, 3.05) is 4.90 Å². The lowest BCUT2D eigenvalue weighted by atomic mass is 9.82. The first kappa shape index (κ1) is 31.1. The zero-order valence-corrected chi connectivity index (χ0v) is 29.9. The SMILES string of the molecule is CC1(C)c2ccccc2-c2ccc(N(c3ccccc3)c3ccc(-c4ccc(-c5ccc6c(c5)c5ccccc5n6-c5ccccc5)cc4)cc3)cc21. The van der Waals surface area contributed by atoms with Gasteiger partial charge in [0, 0.05) is 38.9 Å². The first-order valence-electron chi connectivity index (χ1n) is 18.4. The molecule has 1 aromatic heterocycles. The summed E-state index contributed by atoms with van der Waals surface area (Å²) in [7, 11) is 0. The van der Waals surface area contributed by atoms with E-state index < -0.39 is 0 Å². The molecule has 0 saturated heterocycles. The summed E-state index contributed by atoms with van der Waals surface area (Å²) in [5, 5.41) is 2.53. The van der Waals surface area contributed by atoms with E-state index in [0.29, 0.717) is 0 Å². The van der Waals surface area contributed by atoms with Gasteiger partial charge in [0.25, 0.3) is 0 Å². The van der Waals surface area contributed by atoms with E-state index in [1.165, 1.54) is 72.0 Å². The number of rotatable bonds is 6. The molecule has 0 aliphatic heterocycles. The van der Waals surface area contributed by atoms with E-state index in [1.807, 2.05) is 0 Å². The molecule has 2 nitrogen and oxygen atoms in total. The minimum absolute atomic E-state index is 0.0624. The number of nitrogens with zero attached hydrogens (tertiary/aromatic N) is 2. The predicted molar refractivity (Wildman–Crippen MR) is 224 cm³/mol. The first-order chi connectivity index (χ1) is 26.0. The van der Waals surface area contributed by atoms with Crippen molar-refractivity contribution >= 4 is 38.9 Å². The van der Waals surface area contributed by atoms with Gasteiger partial charge in [-0.1, -0.05) is 141 Å². The maximum Gasteiger partial charge on any atom is 0.0541 e. The third-order valence-electron chi connectivity index (χ3n) is 11.2. The van der Waals surface area contributed by atoms with Crippen molar-refractivity contribution in [3.8, 4) is 39.1 Å². The lowest BCUT2D eigenvalue weighted by Crippen LogP contribution is -2.16. The second kappa shape index (κ2) is 12.3. The fraction of sp³-hybridized carbons (Fsp3) is 0.0588. The molecule has 0 amide bonds. The highest BCUT2D eigenvalue weighted by Gasteiger charge is 2.35. The molecule has 0 atom stereocenters. The fourth-order valence-corrected chi connectivity index (χ4v) is 8.52. The molecule has 0 bridgehead atoms. The monoisotopic (exact) mass is 678 g/mol. The molecular weight excluding hydrogens is 641 g/mol. The van der Waals surface area contributed by atoms with Gasteiger partial charge < -0.3 is 9.47 Å². The van der Waals surface area contributed by atoms with E-state index in [1.54, 1.807) is 0 Å². The van der Waals surface area contributed by atoms with Crippen LogP contribution in [0.2, 0.25) is 0 Å². The van der Waals surface area contributed by atoms with Gasteiger partial charge in [-0.25, -0.2) is 0 Å². The van der Waals surface area contributed by atoms with Gasteiger partial charge in [-0.3, -0.25) is 0 Å². The third kappa shape index (κ3) is 5.10. The summed E-state index contributed by atoms with van der Waals surface area (Å²) in [6, 6.07) is 70.7. The van der Waals surface area contributed by atoms with E-state index in [4.69, 9.17) is 0 Å². The lowest BCUT2D eigenvalue weighted by molar-refractivity contribution is 0.660. The van der Waals surface area contributed by atoms with Crippen LogP contribution in [0, 0.1) is 0 Å². The quantitative estimate of drug-likeness (QED) is 0.170. The summed E-state index contributed by atoms with van der Waals surface area (Å²) < 4.78 is 2.37. The molecule has 1 aliphatic rings. The normalized spacial score (nSPS) is 12.9. The summed E-state index contributed by atoms with van der Waals surface area (Å²) >= 11 is 0. The average molecular weight is 679 g/mol. The van der Waals surface area contributed by atoms with Crippen molar-refractivity contribution in [2.45, 2.75) is 19.3 Å². The molecule has 9 aromatic rings. The maximum absolute atomic E-state index is 2.39. The van der Waals surface area contributed by atoms with Crippen molar-refractivity contribution in [3.05, 3.63) is 205 Å². The highest BCUT2D eigenvalue weighted by Crippen LogP contribution is 2.50. The second-order valence-corrected chi connectivity index (χ2v) is 14.6. The Morgan fingerprint density at radius 2 is 0.906 bits per heavy atom. The fourth-order valence-electron chi connectivity index (χ4n) is 8.52. The molecule has 0 spiro atoms. The average Bonchev–Trinajstić information content (AvgIpc) is 3.67. The van der Waals surface area contributed by atoms with Gasteiger partial charge in [0.05, 0.1) is 11.0 Å². The van der Waals surface area contributed by atoms with Crippen LogP contribution in [0.1, 0.15) is 25.0 Å². The van der Waals surface area contributed by atoms with Gasteiger partial charge in [0.1, 0.15) is 0 Å². The third-order valence-corrected chi connectivity index (χ3v) is 11.2. The Hall–Kier alpha value is -6.64. The molecule has 0 radical (unpaired) electrons. The highest BCUT2D eigenvalue weighted by molar-refractivity contribution is 6.10. The van der Waals surface area contributed by atoms with Crippen LogP contribution in [0.15, 0.2) is 194 Å². The number of fused-ring (bicyclic) bond motifs is 6. The molecule has 2 heteroatoms. The van der Waals surface area contributed by atoms with Gasteiger partial charge in [0.2, 0.25) is 0 Å². The Balaban J connectivity index is 0.974. The molecule has 8 aromatic carbocycles. The van der Waals surface area contributed by atoms with E-state index in [9.17, 15) is 0 Å². The Morgan fingerprint density at radius 1 is 0.377 bits per heavy atom. The molecule has 1 heterocycles. The highest BCUT2D eigenvalue weighted by atomic mass is 15.1. The summed E-state index contributed by atoms with van der Waals surface area (Å²) in [5.41, 5.74) is 17.3. The zero-order chi connectivity index (χ0) is 35.5. The first-order valence-corrected chi connectivity index (χ1v) is 18.4. The van der Waals surface area contributed by atoms with Crippen molar-refractivity contribution in [1.82, 2.24) is 4.57 Å². The Morgan fingerprint density at radius 3 is 1.66 bits per heavy atom. The number of hydrogen-bond donors (Lipinski definition) is 0. The maximum atomic E-state index is 2.39. The minimum Gasteiger partial charge on any atom is -0.310 e. The molecular formula is C51H38N2. The van der Waals surface area contributed by atoms with Crippen LogP contribution in [0.5, 0.6) is 0 Å². The lowest BCUT2D eigenvalue weighted by Gasteiger charge is -2.28. The number of benzene rings is 8. The minimum atomic E-state index is -0.0624. The standard InChI is InChI=1S/C51H38N2/c1-51(2)47-19-11-9-17-43(47)44-31-30-42(34-48(44)51)52(39-13-5-3-6-14-39)41-28-25-36(26-29-41)35-21-23-37(24-22-35)38-27-32-50-46(33-38)45-18-10-12-20-49(45)53(50)40-15-7-4-8-16-40/h3-34H,1-2H3. The summed E-state index contributed by atoms with van der Waals surface area (Å²) in [5.74, 6) is 0. The predicted octanol–water partition coefficient (Wildman–Crippen LogP) is 13.9. The summed E-state index contributed by atoms with van der Waals surface area (Å²) in [6.07, 6.45) is 0. The van der Waals surface area contributed by atoms with Crippen LogP contribution in [0.3, 0.4) is 0 Å². The Labute approximate surface area is 310 Å².